The number of rotatable bonds is 3. The minimum Gasteiger partial charge on any atom is -0.496 e. The maximum atomic E-state index is 12.6. The third kappa shape index (κ3) is 2.58. The van der Waals surface area contributed by atoms with E-state index < -0.39 is 11.5 Å². The number of pyridine rings is 2. The van der Waals surface area contributed by atoms with Gasteiger partial charge in [0.05, 0.1) is 40.9 Å². The molecule has 0 aliphatic heterocycles. The van der Waals surface area contributed by atoms with E-state index in [1.54, 1.807) is 26.0 Å². The van der Waals surface area contributed by atoms with Crippen molar-refractivity contribution in [3.8, 4) is 22.9 Å². The maximum absolute atomic E-state index is 12.6. The number of nitriles is 1. The van der Waals surface area contributed by atoms with Gasteiger partial charge in [-0.3, -0.25) is 9.78 Å². The maximum Gasteiger partial charge on any atom is 0.338 e. The number of H-pyrrole nitrogens is 1. The van der Waals surface area contributed by atoms with Crippen LogP contribution in [-0.4, -0.2) is 28.2 Å². The van der Waals surface area contributed by atoms with E-state index in [2.05, 4.69) is 9.97 Å². The van der Waals surface area contributed by atoms with E-state index in [9.17, 15) is 14.7 Å². The molecule has 0 bridgehead atoms. The summed E-state index contributed by atoms with van der Waals surface area (Å²) in [7, 11) is 1.42. The third-order valence-electron chi connectivity index (χ3n) is 4.21. The van der Waals surface area contributed by atoms with Gasteiger partial charge in [0.2, 0.25) is 0 Å². The molecule has 1 aromatic carbocycles. The number of hydrogen-bond acceptors (Lipinski definition) is 5. The number of carbonyl (C=O) groups is 1. The van der Waals surface area contributed by atoms with Crippen LogP contribution < -0.4 is 10.3 Å². The Hall–Kier alpha value is -3.66. The molecule has 0 saturated heterocycles. The van der Waals surface area contributed by atoms with Crippen molar-refractivity contribution in [3.63, 3.8) is 0 Å². The molecule has 130 valence electrons. The van der Waals surface area contributed by atoms with Gasteiger partial charge in [0.15, 0.2) is 0 Å². The highest BCUT2D eigenvalue weighted by Crippen LogP contribution is 2.38. The highest BCUT2D eigenvalue weighted by Gasteiger charge is 2.24. The number of ether oxygens (including phenoxy) is 1. The second kappa shape index (κ2) is 6.33. The fourth-order valence-electron chi connectivity index (χ4n) is 3.02. The van der Waals surface area contributed by atoms with Gasteiger partial charge in [-0.15, -0.1) is 0 Å². The Bertz CT molecular complexity index is 1160. The molecule has 0 atom stereocenters. The van der Waals surface area contributed by atoms with E-state index in [4.69, 9.17) is 10.00 Å². The van der Waals surface area contributed by atoms with Gasteiger partial charge in [-0.1, -0.05) is 0 Å². The van der Waals surface area contributed by atoms with Gasteiger partial charge in [-0.2, -0.15) is 5.26 Å². The number of carboxylic acids is 1. The first-order valence-corrected chi connectivity index (χ1v) is 7.73. The van der Waals surface area contributed by atoms with Gasteiger partial charge in [-0.25, -0.2) is 4.79 Å². The zero-order valence-electron chi connectivity index (χ0n) is 14.4. The zero-order chi connectivity index (χ0) is 19.0. The zero-order valence-corrected chi connectivity index (χ0v) is 14.4. The van der Waals surface area contributed by atoms with E-state index >= 15 is 0 Å². The largest absolute Gasteiger partial charge is 0.496 e. The average Bonchev–Trinajstić information content (AvgIpc) is 2.63. The molecule has 2 aromatic heterocycles. The molecule has 0 aliphatic carbocycles. The summed E-state index contributed by atoms with van der Waals surface area (Å²) < 4.78 is 5.36. The summed E-state index contributed by atoms with van der Waals surface area (Å²) >= 11 is 0. The monoisotopic (exact) mass is 349 g/mol. The minimum absolute atomic E-state index is 0.0726. The predicted octanol–water partition coefficient (Wildman–Crippen LogP) is 2.79. The summed E-state index contributed by atoms with van der Waals surface area (Å²) in [5.41, 5.74) is 1.93. The Balaban J connectivity index is 2.59. The van der Waals surface area contributed by atoms with Crippen LogP contribution in [0.15, 0.2) is 29.2 Å². The number of nitrogens with one attached hydrogen (secondary N) is 1. The van der Waals surface area contributed by atoms with E-state index in [1.165, 1.54) is 19.4 Å². The number of aromatic amines is 1. The topological polar surface area (TPSA) is 116 Å². The Labute approximate surface area is 148 Å². The van der Waals surface area contributed by atoms with Gasteiger partial charge in [-0.05, 0) is 37.6 Å². The third-order valence-corrected chi connectivity index (χ3v) is 4.21. The van der Waals surface area contributed by atoms with Crippen LogP contribution in [-0.2, 0) is 0 Å². The summed E-state index contributed by atoms with van der Waals surface area (Å²) in [6.07, 6.45) is 1.54. The molecular formula is C19H15N3O4. The number of aromatic nitrogens is 2. The van der Waals surface area contributed by atoms with Crippen LogP contribution in [0.25, 0.3) is 22.0 Å². The first kappa shape index (κ1) is 17.2. The van der Waals surface area contributed by atoms with E-state index in [1.807, 2.05) is 6.07 Å². The molecule has 3 rings (SSSR count). The smallest absolute Gasteiger partial charge is 0.338 e. The number of nitrogens with zero attached hydrogens (tertiary/aromatic N) is 2. The van der Waals surface area contributed by atoms with Crippen molar-refractivity contribution in [1.82, 2.24) is 9.97 Å². The van der Waals surface area contributed by atoms with Crippen molar-refractivity contribution < 1.29 is 14.6 Å². The van der Waals surface area contributed by atoms with Crippen molar-refractivity contribution in [2.45, 2.75) is 13.8 Å². The van der Waals surface area contributed by atoms with Crippen molar-refractivity contribution in [1.29, 1.82) is 5.26 Å². The van der Waals surface area contributed by atoms with Gasteiger partial charge in [0.25, 0.3) is 5.56 Å². The summed E-state index contributed by atoms with van der Waals surface area (Å²) in [6, 6.07) is 6.65. The molecule has 3 aromatic rings. The quantitative estimate of drug-likeness (QED) is 0.751. The molecule has 0 amide bonds. The van der Waals surface area contributed by atoms with Crippen LogP contribution in [0.2, 0.25) is 0 Å². The molecule has 2 heterocycles. The molecule has 7 nitrogen and oxygen atoms in total. The van der Waals surface area contributed by atoms with E-state index in [0.29, 0.717) is 33.7 Å². The number of aromatic carboxylic acids is 1. The van der Waals surface area contributed by atoms with E-state index in [-0.39, 0.29) is 16.5 Å². The van der Waals surface area contributed by atoms with Crippen LogP contribution in [0.5, 0.6) is 5.75 Å². The number of methoxy groups -OCH3 is 1. The molecule has 2 N–H and O–H groups in total. The highest BCUT2D eigenvalue weighted by molar-refractivity contribution is 6.08. The molecule has 0 spiro atoms. The number of hydrogen-bond donors (Lipinski definition) is 2. The van der Waals surface area contributed by atoms with E-state index in [0.717, 1.165) is 0 Å². The van der Waals surface area contributed by atoms with Gasteiger partial charge in [0.1, 0.15) is 5.75 Å². The van der Waals surface area contributed by atoms with Crippen LogP contribution in [0.4, 0.5) is 0 Å². The van der Waals surface area contributed by atoms with Crippen LogP contribution in [0.1, 0.15) is 27.2 Å². The fourth-order valence-corrected chi connectivity index (χ4v) is 3.02. The van der Waals surface area contributed by atoms with Crippen LogP contribution in [0, 0.1) is 25.2 Å². The predicted molar refractivity (Wildman–Crippen MR) is 95.5 cm³/mol. The summed E-state index contributed by atoms with van der Waals surface area (Å²) in [5.74, 6) is -0.890. The summed E-state index contributed by atoms with van der Waals surface area (Å²) in [4.78, 5) is 31.4. The van der Waals surface area contributed by atoms with Crippen molar-refractivity contribution in [3.05, 3.63) is 57.1 Å². The normalized spacial score (nSPS) is 10.5. The lowest BCUT2D eigenvalue weighted by molar-refractivity contribution is 0.0696. The summed E-state index contributed by atoms with van der Waals surface area (Å²) in [6.45, 7) is 3.37. The average molecular weight is 349 g/mol. The first-order chi connectivity index (χ1) is 12.4. The Morgan fingerprint density at radius 2 is 2.08 bits per heavy atom. The molecule has 0 saturated carbocycles. The fraction of sp³-hybridized carbons (Fsp3) is 0.158. The van der Waals surface area contributed by atoms with Crippen molar-refractivity contribution in [2.24, 2.45) is 0 Å². The van der Waals surface area contributed by atoms with Crippen LogP contribution in [0.3, 0.4) is 0 Å². The molecule has 26 heavy (non-hydrogen) atoms. The van der Waals surface area contributed by atoms with Crippen LogP contribution >= 0.6 is 0 Å². The molecular weight excluding hydrogens is 334 g/mol. The molecule has 7 heteroatoms. The molecule has 0 aliphatic rings. The molecule has 0 fully saturated rings. The molecule has 0 unspecified atom stereocenters. The molecule has 0 radical (unpaired) electrons. The minimum atomic E-state index is -1.20. The lowest BCUT2D eigenvalue weighted by Crippen LogP contribution is -2.14. The Morgan fingerprint density at radius 1 is 1.35 bits per heavy atom. The highest BCUT2D eigenvalue weighted by atomic mass is 16.5. The lowest BCUT2D eigenvalue weighted by Gasteiger charge is -2.16. The number of carboxylic acid groups (broad SMARTS) is 1. The summed E-state index contributed by atoms with van der Waals surface area (Å²) in [5, 5.41) is 19.0. The lowest BCUT2D eigenvalue weighted by atomic mass is 9.93. The van der Waals surface area contributed by atoms with Gasteiger partial charge >= 0.3 is 5.97 Å². The second-order valence-corrected chi connectivity index (χ2v) is 5.80. The first-order valence-electron chi connectivity index (χ1n) is 7.73. The number of fused-ring (bicyclic) bond motifs is 1. The SMILES string of the molecule is COc1cc(C#N)ccc1-c1c(C(=O)O)c(C)nc2c(C)c[nH]c(=O)c12. The second-order valence-electron chi connectivity index (χ2n) is 5.80. The van der Waals surface area contributed by atoms with Crippen molar-refractivity contribution >= 4 is 16.9 Å². The van der Waals surface area contributed by atoms with Gasteiger partial charge < -0.3 is 14.8 Å². The van der Waals surface area contributed by atoms with Crippen molar-refractivity contribution in [2.75, 3.05) is 7.11 Å². The Morgan fingerprint density at radius 3 is 2.69 bits per heavy atom. The Kier molecular flexibility index (Phi) is 4.18. The van der Waals surface area contributed by atoms with Gasteiger partial charge in [0, 0.05) is 17.3 Å². The number of benzene rings is 1. The standard InChI is InChI=1S/C19H15N3O4/c1-9-8-21-18(23)16-15(14(19(24)25)10(2)22-17(9)16)12-5-4-11(7-20)6-13(12)26-3/h4-6,8H,1-3H3,(H,21,23)(H,24,25). The number of aryl methyl sites for hydroxylation is 2.